The maximum absolute atomic E-state index is 12.7. The van der Waals surface area contributed by atoms with Gasteiger partial charge in [0.1, 0.15) is 0 Å². The average Bonchev–Trinajstić information content (AvgIpc) is 3.06. The fourth-order valence-corrected chi connectivity index (χ4v) is 4.11. The van der Waals surface area contributed by atoms with E-state index >= 15 is 0 Å². The number of nitrogens with one attached hydrogen (secondary N) is 1. The summed E-state index contributed by atoms with van der Waals surface area (Å²) in [5, 5.41) is 2.53. The van der Waals surface area contributed by atoms with E-state index in [-0.39, 0.29) is 29.5 Å². The minimum atomic E-state index is -4.42. The Kier molecular flexibility index (Phi) is 5.81. The SMILES string of the molecule is O=C(CSc1nc2cc(C(F)(F)F)ccc2s1)NCC(=O)c1ccccc1. The maximum atomic E-state index is 12.7. The summed E-state index contributed by atoms with van der Waals surface area (Å²) in [4.78, 5) is 28.0. The first-order valence-corrected chi connectivity index (χ1v) is 9.58. The summed E-state index contributed by atoms with van der Waals surface area (Å²) in [6, 6.07) is 12.0. The molecule has 3 aromatic rings. The van der Waals surface area contributed by atoms with E-state index in [1.165, 1.54) is 17.4 Å². The molecule has 0 saturated carbocycles. The predicted octanol–water partition coefficient (Wildman–Crippen LogP) is 4.41. The molecule has 1 N–H and O–H groups in total. The molecule has 0 atom stereocenters. The van der Waals surface area contributed by atoms with Crippen LogP contribution < -0.4 is 5.32 Å². The number of benzene rings is 2. The number of ketones is 1. The number of hydrogen-bond acceptors (Lipinski definition) is 5. The summed E-state index contributed by atoms with van der Waals surface area (Å²) in [5.41, 5.74) is 0.00287. The van der Waals surface area contributed by atoms with E-state index in [1.807, 2.05) is 0 Å². The van der Waals surface area contributed by atoms with Gasteiger partial charge in [-0.05, 0) is 18.2 Å². The Morgan fingerprint density at radius 2 is 1.85 bits per heavy atom. The van der Waals surface area contributed by atoms with Crippen LogP contribution in [0.25, 0.3) is 10.2 Å². The normalized spacial score (nSPS) is 11.5. The van der Waals surface area contributed by atoms with E-state index in [0.717, 1.165) is 23.9 Å². The Balaban J connectivity index is 1.55. The van der Waals surface area contributed by atoms with Crippen LogP contribution in [0.5, 0.6) is 0 Å². The first-order valence-electron chi connectivity index (χ1n) is 7.78. The average molecular weight is 410 g/mol. The standard InChI is InChI=1S/C18H13F3N2O2S2/c19-18(20,21)12-6-7-15-13(8-12)23-17(27-15)26-10-16(25)22-9-14(24)11-4-2-1-3-5-11/h1-8H,9-10H2,(H,22,25). The third kappa shape index (κ3) is 5.08. The summed E-state index contributed by atoms with van der Waals surface area (Å²) < 4.78 is 39.3. The second-order valence-electron chi connectivity index (χ2n) is 5.51. The van der Waals surface area contributed by atoms with Crippen molar-refractivity contribution in [3.05, 3.63) is 59.7 Å². The Labute approximate surface area is 160 Å². The molecule has 0 aliphatic rings. The summed E-state index contributed by atoms with van der Waals surface area (Å²) >= 11 is 2.34. The molecule has 2 aromatic carbocycles. The molecular formula is C18H13F3N2O2S2. The fourth-order valence-electron chi connectivity index (χ4n) is 2.23. The highest BCUT2D eigenvalue weighted by Crippen LogP contribution is 2.35. The van der Waals surface area contributed by atoms with Gasteiger partial charge in [-0.3, -0.25) is 9.59 Å². The highest BCUT2D eigenvalue weighted by Gasteiger charge is 2.30. The van der Waals surface area contributed by atoms with Gasteiger partial charge >= 0.3 is 6.18 Å². The Hall–Kier alpha value is -2.39. The molecule has 0 radical (unpaired) electrons. The number of thiazole rings is 1. The monoisotopic (exact) mass is 410 g/mol. The number of carbonyl (C=O) groups is 2. The van der Waals surface area contributed by atoms with E-state index in [1.54, 1.807) is 30.3 Å². The van der Waals surface area contributed by atoms with Gasteiger partial charge in [0.05, 0.1) is 28.1 Å². The molecule has 9 heteroatoms. The summed E-state index contributed by atoms with van der Waals surface area (Å²) in [6.07, 6.45) is -4.42. The van der Waals surface area contributed by atoms with Gasteiger partial charge in [0, 0.05) is 5.56 Å². The lowest BCUT2D eigenvalue weighted by atomic mass is 10.1. The van der Waals surface area contributed by atoms with Crippen molar-refractivity contribution < 1.29 is 22.8 Å². The maximum Gasteiger partial charge on any atom is 0.416 e. The smallest absolute Gasteiger partial charge is 0.348 e. The van der Waals surface area contributed by atoms with Crippen molar-refractivity contribution in [1.29, 1.82) is 0 Å². The second-order valence-corrected chi connectivity index (χ2v) is 7.77. The molecule has 0 unspecified atom stereocenters. The van der Waals surface area contributed by atoms with Crippen LogP contribution in [0.1, 0.15) is 15.9 Å². The fraction of sp³-hybridized carbons (Fsp3) is 0.167. The Bertz CT molecular complexity index is 972. The van der Waals surface area contributed by atoms with E-state index < -0.39 is 11.7 Å². The molecular weight excluding hydrogens is 397 g/mol. The molecule has 1 heterocycles. The molecule has 1 aromatic heterocycles. The summed E-state index contributed by atoms with van der Waals surface area (Å²) in [7, 11) is 0. The van der Waals surface area contributed by atoms with Crippen molar-refractivity contribution >= 4 is 45.0 Å². The number of aromatic nitrogens is 1. The van der Waals surface area contributed by atoms with Crippen LogP contribution in [0.15, 0.2) is 52.9 Å². The van der Waals surface area contributed by atoms with E-state index in [9.17, 15) is 22.8 Å². The molecule has 0 aliphatic heterocycles. The van der Waals surface area contributed by atoms with E-state index in [2.05, 4.69) is 10.3 Å². The molecule has 27 heavy (non-hydrogen) atoms. The van der Waals surface area contributed by atoms with Gasteiger partial charge in [0.2, 0.25) is 5.91 Å². The summed E-state index contributed by atoms with van der Waals surface area (Å²) in [6.45, 7) is -0.113. The molecule has 0 bridgehead atoms. The van der Waals surface area contributed by atoms with Crippen LogP contribution in [0.2, 0.25) is 0 Å². The van der Waals surface area contributed by atoms with Crippen molar-refractivity contribution in [1.82, 2.24) is 10.3 Å². The van der Waals surface area contributed by atoms with Gasteiger partial charge in [-0.1, -0.05) is 42.1 Å². The van der Waals surface area contributed by atoms with Crippen LogP contribution in [0, 0.1) is 0 Å². The first kappa shape index (κ1) is 19.4. The predicted molar refractivity (Wildman–Crippen MR) is 99.1 cm³/mol. The van der Waals surface area contributed by atoms with Crippen LogP contribution in [0.3, 0.4) is 0 Å². The number of thioether (sulfide) groups is 1. The van der Waals surface area contributed by atoms with Crippen molar-refractivity contribution in [3.8, 4) is 0 Å². The number of rotatable bonds is 6. The molecule has 0 aliphatic carbocycles. The van der Waals surface area contributed by atoms with Crippen molar-refractivity contribution in [2.75, 3.05) is 12.3 Å². The van der Waals surface area contributed by atoms with Crippen LogP contribution in [0.4, 0.5) is 13.2 Å². The minimum Gasteiger partial charge on any atom is -0.348 e. The van der Waals surface area contributed by atoms with Gasteiger partial charge in [-0.25, -0.2) is 4.98 Å². The molecule has 140 valence electrons. The Morgan fingerprint density at radius 3 is 2.56 bits per heavy atom. The number of nitrogens with zero attached hydrogens (tertiary/aromatic N) is 1. The Morgan fingerprint density at radius 1 is 1.11 bits per heavy atom. The number of amides is 1. The van der Waals surface area contributed by atoms with Gasteiger partial charge < -0.3 is 5.32 Å². The van der Waals surface area contributed by atoms with Crippen molar-refractivity contribution in [2.24, 2.45) is 0 Å². The number of alkyl halides is 3. The number of Topliss-reactive ketones (excluding diaryl/α,β-unsaturated/α-hetero) is 1. The first-order chi connectivity index (χ1) is 12.8. The lowest BCUT2D eigenvalue weighted by molar-refractivity contribution is -0.137. The number of fused-ring (bicyclic) bond motifs is 1. The molecule has 0 spiro atoms. The van der Waals surface area contributed by atoms with Crippen LogP contribution in [-0.4, -0.2) is 29.0 Å². The van der Waals surface area contributed by atoms with Gasteiger partial charge in [-0.2, -0.15) is 13.2 Å². The zero-order valence-corrected chi connectivity index (χ0v) is 15.4. The molecule has 4 nitrogen and oxygen atoms in total. The van der Waals surface area contributed by atoms with E-state index in [4.69, 9.17) is 0 Å². The largest absolute Gasteiger partial charge is 0.416 e. The lowest BCUT2D eigenvalue weighted by Crippen LogP contribution is -2.30. The highest BCUT2D eigenvalue weighted by atomic mass is 32.2. The second kappa shape index (κ2) is 8.10. The topological polar surface area (TPSA) is 59.1 Å². The lowest BCUT2D eigenvalue weighted by Gasteiger charge is -2.04. The highest BCUT2D eigenvalue weighted by molar-refractivity contribution is 8.01. The molecule has 1 amide bonds. The van der Waals surface area contributed by atoms with Gasteiger partial charge in [0.25, 0.3) is 0 Å². The number of halogens is 3. The molecule has 3 rings (SSSR count). The molecule has 0 saturated heterocycles. The van der Waals surface area contributed by atoms with Gasteiger partial charge in [0.15, 0.2) is 10.1 Å². The zero-order valence-electron chi connectivity index (χ0n) is 13.7. The van der Waals surface area contributed by atoms with Crippen LogP contribution in [-0.2, 0) is 11.0 Å². The van der Waals surface area contributed by atoms with Crippen molar-refractivity contribution in [3.63, 3.8) is 0 Å². The van der Waals surface area contributed by atoms with Gasteiger partial charge in [-0.15, -0.1) is 11.3 Å². The van der Waals surface area contributed by atoms with Crippen molar-refractivity contribution in [2.45, 2.75) is 10.5 Å². The zero-order chi connectivity index (χ0) is 19.4. The van der Waals surface area contributed by atoms with E-state index in [0.29, 0.717) is 14.6 Å². The quantitative estimate of drug-likeness (QED) is 0.483. The minimum absolute atomic E-state index is 0.0218. The number of hydrogen-bond donors (Lipinski definition) is 1. The third-order valence-corrected chi connectivity index (χ3v) is 5.74. The molecule has 0 fully saturated rings. The number of carbonyl (C=O) groups excluding carboxylic acids is 2. The summed E-state index contributed by atoms with van der Waals surface area (Å²) in [5.74, 6) is -0.526. The van der Waals surface area contributed by atoms with Crippen LogP contribution >= 0.6 is 23.1 Å². The third-order valence-electron chi connectivity index (χ3n) is 3.56.